The van der Waals surface area contributed by atoms with E-state index in [2.05, 4.69) is 15.0 Å². The Labute approximate surface area is 256 Å². The molecule has 242 valence electrons. The van der Waals surface area contributed by atoms with Gasteiger partial charge in [0.25, 0.3) is 5.91 Å². The highest BCUT2D eigenvalue weighted by Crippen LogP contribution is 2.30. The number of aromatic nitrogens is 1. The van der Waals surface area contributed by atoms with Crippen molar-refractivity contribution in [3.8, 4) is 11.5 Å². The molecule has 0 aliphatic carbocycles. The Morgan fingerprint density at radius 1 is 1.11 bits per heavy atom. The predicted octanol–water partition coefficient (Wildman–Crippen LogP) is 3.26. The molecule has 0 bridgehead atoms. The van der Waals surface area contributed by atoms with E-state index < -0.39 is 63.7 Å². The van der Waals surface area contributed by atoms with E-state index in [1.807, 2.05) is 24.3 Å². The number of hydrogen-bond donors (Lipinski definition) is 3. The van der Waals surface area contributed by atoms with Crippen molar-refractivity contribution >= 4 is 38.7 Å². The van der Waals surface area contributed by atoms with Crippen LogP contribution in [0.2, 0.25) is 0 Å². The second kappa shape index (κ2) is 13.8. The van der Waals surface area contributed by atoms with E-state index in [1.165, 1.54) is 15.9 Å². The van der Waals surface area contributed by atoms with Crippen LogP contribution in [-0.4, -0.2) is 72.3 Å². The Balaban J connectivity index is 1.59. The number of halogens is 3. The van der Waals surface area contributed by atoms with Crippen molar-refractivity contribution < 1.29 is 50.7 Å². The molecule has 0 saturated carbocycles. The molecule has 4 rings (SSSR count). The van der Waals surface area contributed by atoms with Gasteiger partial charge in [-0.2, -0.15) is 13.2 Å². The van der Waals surface area contributed by atoms with Crippen LogP contribution in [0.1, 0.15) is 40.9 Å². The van der Waals surface area contributed by atoms with E-state index in [1.54, 1.807) is 13.0 Å². The number of amides is 2. The van der Waals surface area contributed by atoms with Gasteiger partial charge in [-0.1, -0.05) is 18.2 Å². The fraction of sp³-hybridized carbons (Fsp3) is 0.379. The van der Waals surface area contributed by atoms with Crippen molar-refractivity contribution in [2.45, 2.75) is 45.0 Å². The number of para-hydroxylation sites is 1. The minimum absolute atomic E-state index is 0.000531. The number of fused-ring (bicyclic) bond motifs is 1. The standard InChI is InChI=1S/C29H31F3N4O8S/c1-17-13-19(21-5-3-4-6-23(21)33-17)16-43-20-7-8-22(25(14-20)44-28(39)29(30,31)32)27(38)34-24(15-26(37)35-40)18-9-11-36(12-10-18)45(2,41)42/h3-8,13-14,18,24,40H,9-12,15-16H2,1-2H3,(H,34,38)(H,35,37). The molecule has 16 heteroatoms. The number of sulfonamides is 1. The van der Waals surface area contributed by atoms with Crippen LogP contribution in [0.15, 0.2) is 48.5 Å². The second-order valence-corrected chi connectivity index (χ2v) is 12.6. The van der Waals surface area contributed by atoms with Crippen molar-refractivity contribution in [1.29, 1.82) is 0 Å². The third-order valence-electron chi connectivity index (χ3n) is 7.34. The van der Waals surface area contributed by atoms with E-state index in [9.17, 15) is 36.0 Å². The molecule has 1 fully saturated rings. The highest BCUT2D eigenvalue weighted by atomic mass is 32.2. The van der Waals surface area contributed by atoms with Crippen LogP contribution in [0.4, 0.5) is 13.2 Å². The number of nitrogens with one attached hydrogen (secondary N) is 2. The highest BCUT2D eigenvalue weighted by Gasteiger charge is 2.42. The van der Waals surface area contributed by atoms with E-state index in [0.717, 1.165) is 29.3 Å². The molecule has 1 atom stereocenters. The number of piperidine rings is 1. The number of alkyl halides is 3. The van der Waals surface area contributed by atoms with E-state index in [4.69, 9.17) is 9.94 Å². The average molecular weight is 653 g/mol. The van der Waals surface area contributed by atoms with Crippen LogP contribution in [-0.2, 0) is 26.2 Å². The van der Waals surface area contributed by atoms with Crippen LogP contribution in [0.3, 0.4) is 0 Å². The number of ether oxygens (including phenoxy) is 2. The number of rotatable bonds is 10. The number of benzene rings is 2. The number of nitrogens with zero attached hydrogens (tertiary/aromatic N) is 2. The molecule has 12 nitrogen and oxygen atoms in total. The summed E-state index contributed by atoms with van der Waals surface area (Å²) >= 11 is 0. The van der Waals surface area contributed by atoms with Crippen LogP contribution in [0, 0.1) is 12.8 Å². The lowest BCUT2D eigenvalue weighted by molar-refractivity contribution is -0.189. The van der Waals surface area contributed by atoms with E-state index in [0.29, 0.717) is 11.2 Å². The first-order valence-corrected chi connectivity index (χ1v) is 15.6. The van der Waals surface area contributed by atoms with Gasteiger partial charge in [-0.3, -0.25) is 19.8 Å². The lowest BCUT2D eigenvalue weighted by Crippen LogP contribution is -2.48. The molecule has 2 aromatic carbocycles. The molecular weight excluding hydrogens is 621 g/mol. The smallest absolute Gasteiger partial charge is 0.489 e. The number of carbonyl (C=O) groups is 3. The van der Waals surface area contributed by atoms with Gasteiger partial charge in [-0.05, 0) is 49.9 Å². The van der Waals surface area contributed by atoms with Gasteiger partial charge in [0.15, 0.2) is 0 Å². The molecule has 1 aliphatic rings. The van der Waals surface area contributed by atoms with Crippen molar-refractivity contribution in [1.82, 2.24) is 20.1 Å². The zero-order valence-corrected chi connectivity index (χ0v) is 25.1. The fourth-order valence-electron chi connectivity index (χ4n) is 5.13. The molecule has 1 unspecified atom stereocenters. The van der Waals surface area contributed by atoms with Gasteiger partial charge in [0.1, 0.15) is 18.1 Å². The summed E-state index contributed by atoms with van der Waals surface area (Å²) in [6.07, 6.45) is -4.22. The number of hydrogen-bond acceptors (Lipinski definition) is 9. The molecule has 45 heavy (non-hydrogen) atoms. The maximum Gasteiger partial charge on any atom is 0.491 e. The van der Waals surface area contributed by atoms with Crippen LogP contribution >= 0.6 is 0 Å². The average Bonchev–Trinajstić information content (AvgIpc) is 2.98. The summed E-state index contributed by atoms with van der Waals surface area (Å²) in [7, 11) is -3.47. The Morgan fingerprint density at radius 3 is 2.44 bits per heavy atom. The second-order valence-electron chi connectivity index (χ2n) is 10.6. The summed E-state index contributed by atoms with van der Waals surface area (Å²) in [5.41, 5.74) is 3.19. The van der Waals surface area contributed by atoms with Crippen molar-refractivity contribution in [3.63, 3.8) is 0 Å². The van der Waals surface area contributed by atoms with E-state index >= 15 is 0 Å². The Hall–Kier alpha value is -4.28. The first-order chi connectivity index (χ1) is 21.2. The van der Waals surface area contributed by atoms with Gasteiger partial charge < -0.3 is 14.8 Å². The van der Waals surface area contributed by atoms with Gasteiger partial charge in [-0.15, -0.1) is 0 Å². The number of esters is 1. The zero-order chi connectivity index (χ0) is 32.9. The normalized spacial score (nSPS) is 15.3. The lowest BCUT2D eigenvalue weighted by atomic mass is 9.88. The Bertz CT molecular complexity index is 1690. The van der Waals surface area contributed by atoms with Gasteiger partial charge in [0.2, 0.25) is 15.9 Å². The third-order valence-corrected chi connectivity index (χ3v) is 8.64. The van der Waals surface area contributed by atoms with Crippen LogP contribution < -0.4 is 20.3 Å². The van der Waals surface area contributed by atoms with Gasteiger partial charge >= 0.3 is 12.1 Å². The zero-order valence-electron chi connectivity index (χ0n) is 24.3. The lowest BCUT2D eigenvalue weighted by Gasteiger charge is -2.35. The highest BCUT2D eigenvalue weighted by molar-refractivity contribution is 7.88. The van der Waals surface area contributed by atoms with E-state index in [-0.39, 0.29) is 38.3 Å². The van der Waals surface area contributed by atoms with Crippen LogP contribution in [0.25, 0.3) is 10.9 Å². The number of hydroxylamine groups is 1. The number of aryl methyl sites for hydroxylation is 1. The summed E-state index contributed by atoms with van der Waals surface area (Å²) < 4.78 is 74.9. The molecule has 3 N–H and O–H groups in total. The molecule has 3 aromatic rings. The van der Waals surface area contributed by atoms with Gasteiger partial charge in [0, 0.05) is 48.3 Å². The summed E-state index contributed by atoms with van der Waals surface area (Å²) in [6, 6.07) is 11.6. The maximum absolute atomic E-state index is 13.4. The monoisotopic (exact) mass is 652 g/mol. The van der Waals surface area contributed by atoms with Crippen molar-refractivity contribution in [2.24, 2.45) is 5.92 Å². The SMILES string of the molecule is Cc1cc(COc2ccc(C(=O)NC(CC(=O)NO)C3CCN(S(C)(=O)=O)CC3)c(OC(=O)C(F)(F)F)c2)c2ccccc2n1. The molecule has 1 saturated heterocycles. The van der Waals surface area contributed by atoms with Gasteiger partial charge in [-0.25, -0.2) is 23.0 Å². The summed E-state index contributed by atoms with van der Waals surface area (Å²) in [6.45, 7) is 2.00. The third kappa shape index (κ3) is 8.67. The molecule has 2 heterocycles. The number of pyridine rings is 1. The topological polar surface area (TPSA) is 164 Å². The van der Waals surface area contributed by atoms with Crippen molar-refractivity contribution in [3.05, 3.63) is 65.4 Å². The summed E-state index contributed by atoms with van der Waals surface area (Å²) in [5, 5.41) is 12.4. The molecule has 0 spiro atoms. The van der Waals surface area contributed by atoms with Crippen LogP contribution in [0.5, 0.6) is 11.5 Å². The quantitative estimate of drug-likeness (QED) is 0.129. The molecular formula is C29H31F3N4O8S. The van der Waals surface area contributed by atoms with Crippen molar-refractivity contribution in [2.75, 3.05) is 19.3 Å². The maximum atomic E-state index is 13.4. The number of carbonyl (C=O) groups excluding carboxylic acids is 3. The fourth-order valence-corrected chi connectivity index (χ4v) is 6.01. The molecule has 2 amide bonds. The van der Waals surface area contributed by atoms with Gasteiger partial charge in [0.05, 0.1) is 17.3 Å². The molecule has 1 aromatic heterocycles. The minimum Gasteiger partial charge on any atom is -0.489 e. The molecule has 1 aliphatic heterocycles. The minimum atomic E-state index is -5.37. The summed E-state index contributed by atoms with van der Waals surface area (Å²) in [4.78, 5) is 41.7. The Morgan fingerprint density at radius 2 is 1.80 bits per heavy atom. The molecule has 0 radical (unpaired) electrons. The largest absolute Gasteiger partial charge is 0.491 e. The first-order valence-electron chi connectivity index (χ1n) is 13.8. The summed E-state index contributed by atoms with van der Waals surface area (Å²) in [5.74, 6) is -5.54. The Kier molecular flexibility index (Phi) is 10.3. The first kappa shape index (κ1) is 33.6. The predicted molar refractivity (Wildman–Crippen MR) is 154 cm³/mol.